The molecule has 0 saturated carbocycles. The van der Waals surface area contributed by atoms with Gasteiger partial charge in [-0.25, -0.2) is 4.79 Å². The van der Waals surface area contributed by atoms with Crippen molar-refractivity contribution in [2.75, 3.05) is 26.2 Å². The van der Waals surface area contributed by atoms with Crippen LogP contribution in [0.3, 0.4) is 0 Å². The van der Waals surface area contributed by atoms with Crippen LogP contribution in [0.15, 0.2) is 34.2 Å². The van der Waals surface area contributed by atoms with Gasteiger partial charge in [-0.05, 0) is 38.7 Å². The van der Waals surface area contributed by atoms with Gasteiger partial charge in [-0.1, -0.05) is 6.07 Å². The van der Waals surface area contributed by atoms with E-state index in [1.54, 1.807) is 27.8 Å². The third-order valence-electron chi connectivity index (χ3n) is 4.36. The van der Waals surface area contributed by atoms with Gasteiger partial charge in [-0.3, -0.25) is 9.79 Å². The molecule has 1 amide bonds. The van der Waals surface area contributed by atoms with E-state index >= 15 is 0 Å². The number of nitrogens with two attached hydrogens (primary N) is 1. The predicted octanol–water partition coefficient (Wildman–Crippen LogP) is 1.77. The highest BCUT2D eigenvalue weighted by molar-refractivity contribution is 14.0. The fourth-order valence-corrected chi connectivity index (χ4v) is 2.91. The van der Waals surface area contributed by atoms with Crippen LogP contribution >= 0.6 is 24.0 Å². The molecule has 3 N–H and O–H groups in total. The monoisotopic (exact) mass is 491 g/mol. The minimum Gasteiger partial charge on any atom is -0.450 e. The van der Waals surface area contributed by atoms with E-state index in [0.29, 0.717) is 38.7 Å². The number of aliphatic imine (C=N–C) groups is 1. The highest BCUT2D eigenvalue weighted by atomic mass is 127. The number of ether oxygens (including phenoxy) is 1. The Balaban J connectivity index is 0.00000364. The van der Waals surface area contributed by atoms with Gasteiger partial charge in [0.05, 0.1) is 6.61 Å². The smallest absolute Gasteiger partial charge is 0.409 e. The second-order valence-corrected chi connectivity index (χ2v) is 6.31. The molecule has 1 aliphatic rings. The number of aryl methyl sites for hydroxylation is 1. The van der Waals surface area contributed by atoms with Gasteiger partial charge in [0.15, 0.2) is 5.96 Å². The molecule has 0 aliphatic carbocycles. The minimum atomic E-state index is -0.245. The maximum absolute atomic E-state index is 11.7. The van der Waals surface area contributed by atoms with Crippen LogP contribution < -0.4 is 16.6 Å². The van der Waals surface area contributed by atoms with Gasteiger partial charge in [0, 0.05) is 44.5 Å². The lowest BCUT2D eigenvalue weighted by Gasteiger charge is -2.31. The molecule has 1 aromatic rings. The van der Waals surface area contributed by atoms with Gasteiger partial charge in [-0.15, -0.1) is 24.0 Å². The first kappa shape index (κ1) is 23.3. The highest BCUT2D eigenvalue weighted by Gasteiger charge is 2.23. The molecule has 0 aromatic carbocycles. The number of halogens is 1. The van der Waals surface area contributed by atoms with Crippen LogP contribution in [-0.4, -0.2) is 53.8 Å². The topological polar surface area (TPSA) is 102 Å². The van der Waals surface area contributed by atoms with E-state index in [-0.39, 0.29) is 41.7 Å². The summed E-state index contributed by atoms with van der Waals surface area (Å²) in [5.74, 6) is 0.441. The molecule has 27 heavy (non-hydrogen) atoms. The quantitative estimate of drug-likeness (QED) is 0.262. The fourth-order valence-electron chi connectivity index (χ4n) is 2.91. The molecule has 0 atom stereocenters. The maximum atomic E-state index is 11.7. The molecule has 0 bridgehead atoms. The zero-order chi connectivity index (χ0) is 18.8. The molecule has 0 unspecified atom stereocenters. The summed E-state index contributed by atoms with van der Waals surface area (Å²) in [6, 6.07) is 5.39. The third-order valence-corrected chi connectivity index (χ3v) is 4.36. The SMILES string of the molecule is CCOC(=O)N1CCC(NC(N)=NCCCCn2ccccc2=O)CC1.I. The molecule has 9 heteroatoms. The van der Waals surface area contributed by atoms with Crippen molar-refractivity contribution in [2.45, 2.75) is 45.2 Å². The molecule has 1 fully saturated rings. The van der Waals surface area contributed by atoms with Crippen molar-refractivity contribution in [3.63, 3.8) is 0 Å². The summed E-state index contributed by atoms with van der Waals surface area (Å²) in [5.41, 5.74) is 5.96. The van der Waals surface area contributed by atoms with Crippen molar-refractivity contribution < 1.29 is 9.53 Å². The number of carbonyl (C=O) groups excluding carboxylic acids is 1. The van der Waals surface area contributed by atoms with Crippen molar-refractivity contribution >= 4 is 36.0 Å². The molecule has 1 aromatic heterocycles. The van der Waals surface area contributed by atoms with Crippen LogP contribution in [0.4, 0.5) is 4.79 Å². The second kappa shape index (κ2) is 12.6. The zero-order valence-corrected chi connectivity index (χ0v) is 18.1. The van der Waals surface area contributed by atoms with E-state index in [2.05, 4.69) is 10.3 Å². The predicted molar refractivity (Wildman–Crippen MR) is 117 cm³/mol. The Bertz CT molecular complexity index is 656. The summed E-state index contributed by atoms with van der Waals surface area (Å²) in [4.78, 5) is 29.3. The standard InChI is InChI=1S/C18H29N5O3.HI/c1-2-26-18(25)23-13-8-15(9-14-23)21-17(19)20-10-4-6-12-22-11-5-3-7-16(22)24;/h3,5,7,11,15H,2,4,6,8-10,12-14H2,1H3,(H3,19,20,21);1H. The molecule has 152 valence electrons. The highest BCUT2D eigenvalue weighted by Crippen LogP contribution is 2.11. The Kier molecular flexibility index (Phi) is 10.8. The van der Waals surface area contributed by atoms with Gasteiger partial charge in [0.2, 0.25) is 5.56 Å². The molecular formula is C18H30IN5O3. The van der Waals surface area contributed by atoms with E-state index in [4.69, 9.17) is 10.5 Å². The van der Waals surface area contributed by atoms with Gasteiger partial charge in [-0.2, -0.15) is 0 Å². The summed E-state index contributed by atoms with van der Waals surface area (Å²) in [5, 5.41) is 3.22. The summed E-state index contributed by atoms with van der Waals surface area (Å²) in [7, 11) is 0. The van der Waals surface area contributed by atoms with Crippen LogP contribution in [0.25, 0.3) is 0 Å². The lowest BCUT2D eigenvalue weighted by Crippen LogP contribution is -2.48. The summed E-state index contributed by atoms with van der Waals surface area (Å²) in [6.07, 6.45) is 4.94. The number of rotatable bonds is 7. The number of aromatic nitrogens is 1. The molecule has 1 saturated heterocycles. The first-order chi connectivity index (χ1) is 12.6. The molecule has 0 spiro atoms. The largest absolute Gasteiger partial charge is 0.450 e. The number of nitrogens with zero attached hydrogens (tertiary/aromatic N) is 3. The number of likely N-dealkylation sites (tertiary alicyclic amines) is 1. The second-order valence-electron chi connectivity index (χ2n) is 6.31. The molecule has 2 rings (SSSR count). The number of carbonyl (C=O) groups is 1. The van der Waals surface area contributed by atoms with Gasteiger partial charge in [0.25, 0.3) is 0 Å². The van der Waals surface area contributed by atoms with Crippen molar-refractivity contribution in [3.05, 3.63) is 34.7 Å². The Hall–Kier alpha value is -1.78. The van der Waals surface area contributed by atoms with Crippen LogP contribution in [0.2, 0.25) is 0 Å². The lowest BCUT2D eigenvalue weighted by atomic mass is 10.1. The first-order valence-corrected chi connectivity index (χ1v) is 9.23. The minimum absolute atomic E-state index is 0. The Morgan fingerprint density at radius 1 is 1.33 bits per heavy atom. The number of guanidine groups is 1. The van der Waals surface area contributed by atoms with Crippen LogP contribution in [0.5, 0.6) is 0 Å². The lowest BCUT2D eigenvalue weighted by molar-refractivity contribution is 0.0963. The van der Waals surface area contributed by atoms with E-state index in [1.807, 2.05) is 13.0 Å². The van der Waals surface area contributed by atoms with E-state index < -0.39 is 0 Å². The number of amides is 1. The van der Waals surface area contributed by atoms with Crippen molar-refractivity contribution in [1.82, 2.24) is 14.8 Å². The average Bonchev–Trinajstić information content (AvgIpc) is 2.63. The summed E-state index contributed by atoms with van der Waals surface area (Å²) in [6.45, 7) is 4.85. The van der Waals surface area contributed by atoms with E-state index in [9.17, 15) is 9.59 Å². The Morgan fingerprint density at radius 2 is 2.07 bits per heavy atom. The molecule has 0 radical (unpaired) electrons. The van der Waals surface area contributed by atoms with Crippen molar-refractivity contribution in [3.8, 4) is 0 Å². The Morgan fingerprint density at radius 3 is 2.74 bits per heavy atom. The average molecular weight is 491 g/mol. The van der Waals surface area contributed by atoms with Gasteiger partial charge in [0.1, 0.15) is 0 Å². The molecule has 8 nitrogen and oxygen atoms in total. The normalized spacial score (nSPS) is 15.1. The van der Waals surface area contributed by atoms with Crippen LogP contribution in [0, 0.1) is 0 Å². The van der Waals surface area contributed by atoms with Crippen LogP contribution in [-0.2, 0) is 11.3 Å². The molecular weight excluding hydrogens is 461 g/mol. The number of hydrogen-bond donors (Lipinski definition) is 2. The summed E-state index contributed by atoms with van der Waals surface area (Å²) >= 11 is 0. The van der Waals surface area contributed by atoms with Crippen molar-refractivity contribution in [1.29, 1.82) is 0 Å². The zero-order valence-electron chi connectivity index (χ0n) is 15.8. The van der Waals surface area contributed by atoms with E-state index in [1.165, 1.54) is 0 Å². The first-order valence-electron chi connectivity index (χ1n) is 9.23. The Labute approximate surface area is 177 Å². The van der Waals surface area contributed by atoms with Gasteiger partial charge >= 0.3 is 6.09 Å². The maximum Gasteiger partial charge on any atom is 0.409 e. The molecule has 2 heterocycles. The van der Waals surface area contributed by atoms with Gasteiger partial charge < -0.3 is 25.3 Å². The number of pyridine rings is 1. The summed E-state index contributed by atoms with van der Waals surface area (Å²) < 4.78 is 6.71. The number of unbranched alkanes of at least 4 members (excludes halogenated alkanes) is 1. The molecule has 1 aliphatic heterocycles. The van der Waals surface area contributed by atoms with Crippen LogP contribution in [0.1, 0.15) is 32.6 Å². The number of hydrogen-bond acceptors (Lipinski definition) is 4. The third kappa shape index (κ3) is 8.19. The number of piperidine rings is 1. The van der Waals surface area contributed by atoms with E-state index in [0.717, 1.165) is 25.7 Å². The number of nitrogens with one attached hydrogen (secondary N) is 1. The fraction of sp³-hybridized carbons (Fsp3) is 0.611. The van der Waals surface area contributed by atoms with Crippen molar-refractivity contribution in [2.24, 2.45) is 10.7 Å².